The Balaban J connectivity index is 1.85. The summed E-state index contributed by atoms with van der Waals surface area (Å²) in [4.78, 5) is 26.1. The molecule has 0 saturated carbocycles. The van der Waals surface area contributed by atoms with Crippen molar-refractivity contribution in [1.29, 1.82) is 0 Å². The lowest BCUT2D eigenvalue weighted by Gasteiger charge is -2.17. The fourth-order valence-electron chi connectivity index (χ4n) is 2.77. The summed E-state index contributed by atoms with van der Waals surface area (Å²) in [5.74, 6) is -0.0491. The van der Waals surface area contributed by atoms with Crippen molar-refractivity contribution < 1.29 is 9.59 Å². The summed E-state index contributed by atoms with van der Waals surface area (Å²) in [6, 6.07) is 16.6. The molecule has 0 spiro atoms. The largest absolute Gasteiger partial charge is 0.326 e. The number of carbonyl (C=O) groups is 2. The lowest BCUT2D eigenvalue weighted by molar-refractivity contribution is -0.116. The molecule has 0 aromatic heterocycles. The Labute approximate surface area is 156 Å². The molecule has 2 aromatic rings. The minimum absolute atomic E-state index is 0.0296. The molecule has 2 amide bonds. The van der Waals surface area contributed by atoms with Gasteiger partial charge in [-0.15, -0.1) is 0 Å². The third kappa shape index (κ3) is 6.03. The van der Waals surface area contributed by atoms with E-state index < -0.39 is 0 Å². The molecule has 1 N–H and O–H groups in total. The van der Waals surface area contributed by atoms with E-state index in [9.17, 15) is 9.59 Å². The van der Waals surface area contributed by atoms with Gasteiger partial charge in [0.25, 0.3) is 5.91 Å². The number of benzene rings is 2. The first-order valence-corrected chi connectivity index (χ1v) is 9.35. The summed E-state index contributed by atoms with van der Waals surface area (Å²) in [5.41, 5.74) is 2.16. The van der Waals surface area contributed by atoms with Gasteiger partial charge in [-0.1, -0.05) is 50.8 Å². The van der Waals surface area contributed by atoms with Crippen LogP contribution >= 0.6 is 0 Å². The second-order valence-electron chi connectivity index (χ2n) is 6.49. The number of amides is 2. The molecule has 0 unspecified atom stereocenters. The molecule has 0 aliphatic heterocycles. The number of hydrogen-bond donors (Lipinski definition) is 1. The number of hydrogen-bond acceptors (Lipinski definition) is 2. The summed E-state index contributed by atoms with van der Waals surface area (Å²) < 4.78 is 0. The van der Waals surface area contributed by atoms with Gasteiger partial charge >= 0.3 is 0 Å². The second kappa shape index (κ2) is 10.4. The summed E-state index contributed by atoms with van der Waals surface area (Å²) in [5, 5.41) is 2.90. The first-order chi connectivity index (χ1) is 12.6. The van der Waals surface area contributed by atoms with E-state index in [2.05, 4.69) is 12.2 Å². The SMILES string of the molecule is CCCCCCCC(=O)Nc1ccc(C(=O)N(C)c2ccccc2)cc1. The molecule has 2 rings (SSSR count). The van der Waals surface area contributed by atoms with E-state index in [0.717, 1.165) is 24.2 Å². The van der Waals surface area contributed by atoms with Gasteiger partial charge in [-0.05, 0) is 42.8 Å². The minimum Gasteiger partial charge on any atom is -0.326 e. The Bertz CT molecular complexity index is 696. The third-order valence-electron chi connectivity index (χ3n) is 4.37. The van der Waals surface area contributed by atoms with Gasteiger partial charge in [-0.3, -0.25) is 9.59 Å². The van der Waals surface area contributed by atoms with Crippen LogP contribution in [0.15, 0.2) is 54.6 Å². The highest BCUT2D eigenvalue weighted by atomic mass is 16.2. The van der Waals surface area contributed by atoms with Gasteiger partial charge in [-0.25, -0.2) is 0 Å². The maximum Gasteiger partial charge on any atom is 0.258 e. The number of para-hydroxylation sites is 1. The van der Waals surface area contributed by atoms with Crippen molar-refractivity contribution in [1.82, 2.24) is 0 Å². The lowest BCUT2D eigenvalue weighted by atomic mass is 10.1. The fraction of sp³-hybridized carbons (Fsp3) is 0.364. The van der Waals surface area contributed by atoms with E-state index in [1.54, 1.807) is 36.2 Å². The maximum absolute atomic E-state index is 12.5. The second-order valence-corrected chi connectivity index (χ2v) is 6.49. The number of nitrogens with zero attached hydrogens (tertiary/aromatic N) is 1. The van der Waals surface area contributed by atoms with Gasteiger partial charge in [0, 0.05) is 30.4 Å². The highest BCUT2D eigenvalue weighted by Gasteiger charge is 2.13. The predicted octanol–water partition coefficient (Wildman–Crippen LogP) is 5.26. The van der Waals surface area contributed by atoms with Gasteiger partial charge in [0.15, 0.2) is 0 Å². The summed E-state index contributed by atoms with van der Waals surface area (Å²) in [7, 11) is 1.76. The van der Waals surface area contributed by atoms with Crippen LogP contribution in [0, 0.1) is 0 Å². The zero-order chi connectivity index (χ0) is 18.8. The van der Waals surface area contributed by atoms with Crippen molar-refractivity contribution >= 4 is 23.2 Å². The average molecular weight is 352 g/mol. The van der Waals surface area contributed by atoms with Gasteiger partial charge in [-0.2, -0.15) is 0 Å². The van der Waals surface area contributed by atoms with Gasteiger partial charge < -0.3 is 10.2 Å². The van der Waals surface area contributed by atoms with Crippen LogP contribution in [-0.2, 0) is 4.79 Å². The van der Waals surface area contributed by atoms with Crippen LogP contribution in [0.5, 0.6) is 0 Å². The summed E-state index contributed by atoms with van der Waals surface area (Å²) >= 11 is 0. The Hall–Kier alpha value is -2.62. The van der Waals surface area contributed by atoms with Gasteiger partial charge in [0.2, 0.25) is 5.91 Å². The number of anilines is 2. The highest BCUT2D eigenvalue weighted by molar-refractivity contribution is 6.06. The van der Waals surface area contributed by atoms with E-state index in [4.69, 9.17) is 0 Å². The Morgan fingerprint density at radius 2 is 1.54 bits per heavy atom. The normalized spacial score (nSPS) is 10.4. The van der Waals surface area contributed by atoms with Crippen LogP contribution in [0.4, 0.5) is 11.4 Å². The first-order valence-electron chi connectivity index (χ1n) is 9.35. The van der Waals surface area contributed by atoms with Crippen LogP contribution in [0.1, 0.15) is 55.8 Å². The molecule has 0 aliphatic rings. The molecule has 4 heteroatoms. The summed E-state index contributed by atoms with van der Waals surface area (Å²) in [6.07, 6.45) is 6.19. The topological polar surface area (TPSA) is 49.4 Å². The van der Waals surface area contributed by atoms with Gasteiger partial charge in [0.05, 0.1) is 0 Å². The fourth-order valence-corrected chi connectivity index (χ4v) is 2.77. The predicted molar refractivity (Wildman–Crippen MR) is 108 cm³/mol. The van der Waals surface area contributed by atoms with E-state index in [1.807, 2.05) is 30.3 Å². The maximum atomic E-state index is 12.5. The first kappa shape index (κ1) is 19.7. The van der Waals surface area contributed by atoms with Crippen molar-refractivity contribution in [3.8, 4) is 0 Å². The van der Waals surface area contributed by atoms with Crippen LogP contribution in [0.25, 0.3) is 0 Å². The number of unbranched alkanes of at least 4 members (excludes halogenated alkanes) is 4. The third-order valence-corrected chi connectivity index (χ3v) is 4.37. The molecule has 0 heterocycles. The highest BCUT2D eigenvalue weighted by Crippen LogP contribution is 2.17. The van der Waals surface area contributed by atoms with Crippen LogP contribution in [0.3, 0.4) is 0 Å². The smallest absolute Gasteiger partial charge is 0.258 e. The van der Waals surface area contributed by atoms with Crippen molar-refractivity contribution in [2.75, 3.05) is 17.3 Å². The van der Waals surface area contributed by atoms with Crippen molar-refractivity contribution in [3.63, 3.8) is 0 Å². The number of rotatable bonds is 9. The average Bonchev–Trinajstić information content (AvgIpc) is 2.68. The Kier molecular flexibility index (Phi) is 7.87. The molecule has 0 saturated heterocycles. The molecular weight excluding hydrogens is 324 g/mol. The molecule has 0 fully saturated rings. The molecule has 2 aromatic carbocycles. The van der Waals surface area contributed by atoms with E-state index in [0.29, 0.717) is 12.0 Å². The van der Waals surface area contributed by atoms with E-state index in [1.165, 1.54) is 19.3 Å². The molecule has 0 aliphatic carbocycles. The van der Waals surface area contributed by atoms with Crippen LogP contribution in [-0.4, -0.2) is 18.9 Å². The van der Waals surface area contributed by atoms with Crippen molar-refractivity contribution in [2.45, 2.75) is 45.4 Å². The zero-order valence-electron chi connectivity index (χ0n) is 15.7. The number of nitrogens with one attached hydrogen (secondary N) is 1. The van der Waals surface area contributed by atoms with Gasteiger partial charge in [0.1, 0.15) is 0 Å². The van der Waals surface area contributed by atoms with E-state index >= 15 is 0 Å². The van der Waals surface area contributed by atoms with E-state index in [-0.39, 0.29) is 11.8 Å². The number of carbonyl (C=O) groups excluding carboxylic acids is 2. The minimum atomic E-state index is -0.0787. The molecule has 4 nitrogen and oxygen atoms in total. The summed E-state index contributed by atoms with van der Waals surface area (Å²) in [6.45, 7) is 2.18. The standard InChI is InChI=1S/C22H28N2O2/c1-3-4-5-6-10-13-21(25)23-19-16-14-18(15-17-19)22(26)24(2)20-11-8-7-9-12-20/h7-9,11-12,14-17H,3-6,10,13H2,1-2H3,(H,23,25). The molecule has 0 atom stereocenters. The molecule has 138 valence electrons. The molecular formula is C22H28N2O2. The Morgan fingerprint density at radius 3 is 2.19 bits per heavy atom. The molecule has 26 heavy (non-hydrogen) atoms. The van der Waals surface area contributed by atoms with Crippen molar-refractivity contribution in [2.24, 2.45) is 0 Å². The lowest BCUT2D eigenvalue weighted by Crippen LogP contribution is -2.26. The molecule has 0 radical (unpaired) electrons. The van der Waals surface area contributed by atoms with Crippen LogP contribution in [0.2, 0.25) is 0 Å². The molecule has 0 bridgehead atoms. The van der Waals surface area contributed by atoms with Crippen molar-refractivity contribution in [3.05, 3.63) is 60.2 Å². The quantitative estimate of drug-likeness (QED) is 0.626. The Morgan fingerprint density at radius 1 is 0.885 bits per heavy atom. The van der Waals surface area contributed by atoms with Crippen LogP contribution < -0.4 is 10.2 Å². The zero-order valence-corrected chi connectivity index (χ0v) is 15.7. The monoisotopic (exact) mass is 352 g/mol.